The van der Waals surface area contributed by atoms with Gasteiger partial charge in [0.2, 0.25) is 5.91 Å². The highest BCUT2D eigenvalue weighted by atomic mass is 16.8. The molecule has 26 heavy (non-hydrogen) atoms. The third-order valence-electron chi connectivity index (χ3n) is 5.85. The smallest absolute Gasteiger partial charge is 0.430 e. The predicted octanol–water partition coefficient (Wildman–Crippen LogP) is 1.91. The number of piperidine rings is 1. The summed E-state index contributed by atoms with van der Waals surface area (Å²) in [6.45, 7) is 3.77. The van der Waals surface area contributed by atoms with Crippen LogP contribution in [0.25, 0.3) is 0 Å². The average molecular weight is 358 g/mol. The van der Waals surface area contributed by atoms with E-state index in [4.69, 9.17) is 9.47 Å². The zero-order valence-corrected chi connectivity index (χ0v) is 15.0. The van der Waals surface area contributed by atoms with Crippen LogP contribution in [0.3, 0.4) is 0 Å². The summed E-state index contributed by atoms with van der Waals surface area (Å²) in [4.78, 5) is 25.6. The van der Waals surface area contributed by atoms with Crippen LogP contribution in [0.5, 0.6) is 0 Å². The lowest BCUT2D eigenvalue weighted by Crippen LogP contribution is -2.48. The van der Waals surface area contributed by atoms with Gasteiger partial charge in [-0.1, -0.05) is 24.3 Å². The molecule has 0 radical (unpaired) electrons. The Bertz CT molecular complexity index is 659. The van der Waals surface area contributed by atoms with Gasteiger partial charge in [-0.3, -0.25) is 4.79 Å². The number of hydrogen-bond acceptors (Lipinski definition) is 5. The Morgan fingerprint density at radius 2 is 1.92 bits per heavy atom. The SMILES string of the molecule is O=C1OCC2(CCN(C(=O)Cc3ccc(CC4CCNC4)cc3)CC2)O1. The van der Waals surface area contributed by atoms with Crippen molar-refractivity contribution in [3.8, 4) is 0 Å². The van der Waals surface area contributed by atoms with E-state index in [1.807, 2.05) is 4.90 Å². The number of amides is 1. The van der Waals surface area contributed by atoms with Crippen LogP contribution in [0.15, 0.2) is 24.3 Å². The van der Waals surface area contributed by atoms with Gasteiger partial charge < -0.3 is 19.7 Å². The largest absolute Gasteiger partial charge is 0.509 e. The van der Waals surface area contributed by atoms with E-state index in [9.17, 15) is 9.59 Å². The number of benzene rings is 1. The predicted molar refractivity (Wildman–Crippen MR) is 95.8 cm³/mol. The van der Waals surface area contributed by atoms with Crippen molar-refractivity contribution in [3.05, 3.63) is 35.4 Å². The van der Waals surface area contributed by atoms with Crippen LogP contribution in [0.1, 0.15) is 30.4 Å². The summed E-state index contributed by atoms with van der Waals surface area (Å²) >= 11 is 0. The first-order valence-corrected chi connectivity index (χ1v) is 9.54. The molecule has 3 aliphatic rings. The molecule has 1 N–H and O–H groups in total. The Kier molecular flexibility index (Phi) is 4.85. The van der Waals surface area contributed by atoms with Gasteiger partial charge >= 0.3 is 6.16 Å². The highest BCUT2D eigenvalue weighted by molar-refractivity contribution is 5.79. The van der Waals surface area contributed by atoms with Crippen LogP contribution in [-0.4, -0.2) is 55.3 Å². The molecular weight excluding hydrogens is 332 g/mol. The maximum atomic E-state index is 12.6. The van der Waals surface area contributed by atoms with Gasteiger partial charge in [0.25, 0.3) is 0 Å². The van der Waals surface area contributed by atoms with Crippen LogP contribution < -0.4 is 5.32 Å². The summed E-state index contributed by atoms with van der Waals surface area (Å²) in [5, 5.41) is 3.40. The summed E-state index contributed by atoms with van der Waals surface area (Å²) in [5.74, 6) is 0.870. The van der Waals surface area contributed by atoms with E-state index in [-0.39, 0.29) is 5.91 Å². The summed E-state index contributed by atoms with van der Waals surface area (Å²) in [6.07, 6.45) is 3.50. The number of hydrogen-bond donors (Lipinski definition) is 1. The van der Waals surface area contributed by atoms with Gasteiger partial charge in [-0.05, 0) is 43.0 Å². The van der Waals surface area contributed by atoms with Gasteiger partial charge in [0.05, 0.1) is 6.42 Å². The molecule has 4 rings (SSSR count). The maximum absolute atomic E-state index is 12.6. The molecule has 1 amide bonds. The number of nitrogens with zero attached hydrogens (tertiary/aromatic N) is 1. The summed E-state index contributed by atoms with van der Waals surface area (Å²) in [7, 11) is 0. The van der Waals surface area contributed by atoms with Gasteiger partial charge in [-0.2, -0.15) is 0 Å². The Morgan fingerprint density at radius 1 is 1.19 bits per heavy atom. The summed E-state index contributed by atoms with van der Waals surface area (Å²) in [6, 6.07) is 8.46. The first-order chi connectivity index (χ1) is 12.6. The zero-order chi connectivity index (χ0) is 18.0. The zero-order valence-electron chi connectivity index (χ0n) is 15.0. The van der Waals surface area contributed by atoms with Crippen molar-refractivity contribution < 1.29 is 19.1 Å². The van der Waals surface area contributed by atoms with Crippen molar-refractivity contribution in [2.75, 3.05) is 32.8 Å². The van der Waals surface area contributed by atoms with Gasteiger partial charge in [0.1, 0.15) is 6.61 Å². The third kappa shape index (κ3) is 3.85. The molecule has 140 valence electrons. The van der Waals surface area contributed by atoms with Gasteiger partial charge in [-0.15, -0.1) is 0 Å². The maximum Gasteiger partial charge on any atom is 0.509 e. The fourth-order valence-corrected chi connectivity index (χ4v) is 4.14. The number of carbonyl (C=O) groups excluding carboxylic acids is 2. The molecule has 1 spiro atoms. The van der Waals surface area contributed by atoms with Gasteiger partial charge in [0.15, 0.2) is 5.60 Å². The molecule has 3 saturated heterocycles. The van der Waals surface area contributed by atoms with Crippen LogP contribution in [-0.2, 0) is 27.1 Å². The Balaban J connectivity index is 1.27. The van der Waals surface area contributed by atoms with E-state index in [0.717, 1.165) is 31.0 Å². The minimum atomic E-state index is -0.585. The highest BCUT2D eigenvalue weighted by Crippen LogP contribution is 2.31. The lowest BCUT2D eigenvalue weighted by molar-refractivity contribution is -0.133. The molecule has 0 aromatic heterocycles. The number of ether oxygens (including phenoxy) is 2. The molecule has 1 aromatic carbocycles. The number of carbonyl (C=O) groups is 2. The second-order valence-electron chi connectivity index (χ2n) is 7.76. The van der Waals surface area contributed by atoms with E-state index in [0.29, 0.717) is 39.0 Å². The molecule has 1 aromatic rings. The fourth-order valence-electron chi connectivity index (χ4n) is 4.14. The quantitative estimate of drug-likeness (QED) is 0.833. The summed E-state index contributed by atoms with van der Waals surface area (Å²) in [5.41, 5.74) is 1.89. The molecule has 0 bridgehead atoms. The standard InChI is InChI=1S/C20H26N2O4/c23-18(22-9-6-20(7-10-22)14-25-19(24)26-20)12-16-3-1-15(2-4-16)11-17-5-8-21-13-17/h1-4,17,21H,5-14H2. The lowest BCUT2D eigenvalue weighted by Gasteiger charge is -2.36. The molecule has 6 nitrogen and oxygen atoms in total. The number of rotatable bonds is 4. The number of likely N-dealkylation sites (tertiary alicyclic amines) is 1. The average Bonchev–Trinajstić information content (AvgIpc) is 3.27. The second kappa shape index (κ2) is 7.27. The van der Waals surface area contributed by atoms with Crippen molar-refractivity contribution in [3.63, 3.8) is 0 Å². The molecule has 1 unspecified atom stereocenters. The minimum Gasteiger partial charge on any atom is -0.430 e. The van der Waals surface area contributed by atoms with Crippen LogP contribution in [0, 0.1) is 5.92 Å². The number of cyclic esters (lactones) is 1. The van der Waals surface area contributed by atoms with E-state index >= 15 is 0 Å². The van der Waals surface area contributed by atoms with Crippen LogP contribution in [0.4, 0.5) is 4.79 Å². The van der Waals surface area contributed by atoms with Crippen molar-refractivity contribution in [1.82, 2.24) is 10.2 Å². The topological polar surface area (TPSA) is 67.9 Å². The van der Waals surface area contributed by atoms with Gasteiger partial charge in [0, 0.05) is 25.9 Å². The third-order valence-corrected chi connectivity index (χ3v) is 5.85. The van der Waals surface area contributed by atoms with Crippen molar-refractivity contribution in [1.29, 1.82) is 0 Å². The first kappa shape index (κ1) is 17.3. The van der Waals surface area contributed by atoms with Crippen LogP contribution >= 0.6 is 0 Å². The van der Waals surface area contributed by atoms with Crippen molar-refractivity contribution >= 4 is 12.1 Å². The monoisotopic (exact) mass is 358 g/mol. The summed E-state index contributed by atoms with van der Waals surface area (Å²) < 4.78 is 10.2. The molecule has 3 aliphatic heterocycles. The molecule has 0 saturated carbocycles. The Hall–Kier alpha value is -2.08. The van der Waals surface area contributed by atoms with Gasteiger partial charge in [-0.25, -0.2) is 4.79 Å². The molecule has 6 heteroatoms. The van der Waals surface area contributed by atoms with E-state index in [1.165, 1.54) is 12.0 Å². The number of nitrogens with one attached hydrogen (secondary N) is 1. The van der Waals surface area contributed by atoms with E-state index < -0.39 is 11.8 Å². The molecule has 3 fully saturated rings. The van der Waals surface area contributed by atoms with E-state index in [1.54, 1.807) is 0 Å². The lowest BCUT2D eigenvalue weighted by atomic mass is 9.92. The highest BCUT2D eigenvalue weighted by Gasteiger charge is 2.45. The normalized spacial score (nSPS) is 24.5. The molecule has 1 atom stereocenters. The Morgan fingerprint density at radius 3 is 2.54 bits per heavy atom. The second-order valence-corrected chi connectivity index (χ2v) is 7.76. The van der Waals surface area contributed by atoms with Crippen LogP contribution in [0.2, 0.25) is 0 Å². The van der Waals surface area contributed by atoms with Crippen molar-refractivity contribution in [2.45, 2.75) is 37.7 Å². The van der Waals surface area contributed by atoms with E-state index in [2.05, 4.69) is 29.6 Å². The van der Waals surface area contributed by atoms with Crippen molar-refractivity contribution in [2.24, 2.45) is 5.92 Å². The first-order valence-electron chi connectivity index (χ1n) is 9.54. The fraction of sp³-hybridized carbons (Fsp3) is 0.600. The molecule has 3 heterocycles. The molecule has 0 aliphatic carbocycles. The minimum absolute atomic E-state index is 0.137. The molecular formula is C20H26N2O4. The Labute approximate surface area is 153 Å².